The number of halogens is 1. The molecule has 2 aromatic heterocycles. The molecule has 0 aliphatic heterocycles. The molecule has 0 unspecified atom stereocenters. The van der Waals surface area contributed by atoms with Crippen LogP contribution in [0, 0.1) is 0 Å². The molecule has 0 radical (unpaired) electrons. The van der Waals surface area contributed by atoms with Gasteiger partial charge in [-0.2, -0.15) is 14.3 Å². The number of aromatic nitrogens is 5. The average Bonchev–Trinajstić information content (AvgIpc) is 2.67. The first-order valence-electron chi connectivity index (χ1n) is 4.32. The summed E-state index contributed by atoms with van der Waals surface area (Å²) in [5.74, 6) is -0.685. The minimum atomic E-state index is -0.685. The molecule has 0 aliphatic carbocycles. The molecule has 84 valence electrons. The summed E-state index contributed by atoms with van der Waals surface area (Å²) >= 11 is 2.12. The van der Waals surface area contributed by atoms with Gasteiger partial charge in [0.05, 0.1) is 12.7 Å². The molecule has 0 saturated carbocycles. The SMILES string of the molecule is NC(=O)c1cnn2c(=O)n(CCI)nnc12. The van der Waals surface area contributed by atoms with Crippen LogP contribution in [0.1, 0.15) is 10.4 Å². The number of aryl methyl sites for hydroxylation is 1. The molecule has 0 atom stereocenters. The summed E-state index contributed by atoms with van der Waals surface area (Å²) in [6.07, 6.45) is 1.21. The third-order valence-corrected chi connectivity index (χ3v) is 2.44. The van der Waals surface area contributed by atoms with E-state index in [2.05, 4.69) is 38.0 Å². The molecule has 0 spiro atoms. The second kappa shape index (κ2) is 4.15. The first-order chi connectivity index (χ1) is 7.65. The van der Waals surface area contributed by atoms with Gasteiger partial charge in [-0.1, -0.05) is 27.8 Å². The van der Waals surface area contributed by atoms with Gasteiger partial charge in [0.15, 0.2) is 5.65 Å². The Morgan fingerprint density at radius 3 is 2.94 bits per heavy atom. The van der Waals surface area contributed by atoms with Gasteiger partial charge in [0.25, 0.3) is 5.91 Å². The lowest BCUT2D eigenvalue weighted by molar-refractivity contribution is 0.100. The van der Waals surface area contributed by atoms with Crippen molar-refractivity contribution < 1.29 is 4.79 Å². The largest absolute Gasteiger partial charge is 0.368 e. The minimum absolute atomic E-state index is 0.0854. The first-order valence-corrected chi connectivity index (χ1v) is 5.85. The number of nitrogens with two attached hydrogens (primary N) is 1. The Balaban J connectivity index is 2.69. The van der Waals surface area contributed by atoms with Gasteiger partial charge in [0.1, 0.15) is 5.56 Å². The van der Waals surface area contributed by atoms with Gasteiger partial charge in [-0.15, -0.1) is 5.10 Å². The summed E-state index contributed by atoms with van der Waals surface area (Å²) in [5.41, 5.74) is 4.84. The molecule has 2 heterocycles. The van der Waals surface area contributed by atoms with E-state index >= 15 is 0 Å². The third kappa shape index (κ3) is 1.66. The van der Waals surface area contributed by atoms with Crippen LogP contribution >= 0.6 is 22.6 Å². The Bertz CT molecular complexity index is 602. The lowest BCUT2D eigenvalue weighted by atomic mass is 10.3. The molecule has 2 rings (SSSR count). The van der Waals surface area contributed by atoms with Gasteiger partial charge in [0, 0.05) is 4.43 Å². The second-order valence-electron chi connectivity index (χ2n) is 2.94. The van der Waals surface area contributed by atoms with Crippen LogP contribution in [0.2, 0.25) is 0 Å². The molecule has 1 amide bonds. The molecule has 0 saturated heterocycles. The van der Waals surface area contributed by atoms with Gasteiger partial charge in [-0.3, -0.25) is 4.79 Å². The maximum atomic E-state index is 11.8. The summed E-state index contributed by atoms with van der Waals surface area (Å²) in [6.45, 7) is 0.439. The summed E-state index contributed by atoms with van der Waals surface area (Å²) in [4.78, 5) is 22.7. The van der Waals surface area contributed by atoms with E-state index in [1.54, 1.807) is 0 Å². The number of primary amides is 1. The van der Waals surface area contributed by atoms with E-state index in [9.17, 15) is 9.59 Å². The zero-order valence-corrected chi connectivity index (χ0v) is 10.2. The zero-order chi connectivity index (χ0) is 11.7. The highest BCUT2D eigenvalue weighted by Crippen LogP contribution is 2.02. The summed E-state index contributed by atoms with van der Waals surface area (Å²) < 4.78 is 2.92. The molecule has 0 bridgehead atoms. The molecule has 0 aliphatic rings. The van der Waals surface area contributed by atoms with Crippen molar-refractivity contribution >= 4 is 34.1 Å². The Morgan fingerprint density at radius 1 is 1.56 bits per heavy atom. The second-order valence-corrected chi connectivity index (χ2v) is 4.02. The quantitative estimate of drug-likeness (QED) is 0.561. The standard InChI is InChI=1S/C7H7IN6O2/c8-1-2-13-7(16)14-6(11-12-13)4(3-10-14)5(9)15/h3H,1-2H2,(H2,9,15). The highest BCUT2D eigenvalue weighted by Gasteiger charge is 2.14. The van der Waals surface area contributed by atoms with Crippen molar-refractivity contribution in [1.29, 1.82) is 0 Å². The normalized spacial score (nSPS) is 10.8. The number of carbonyl (C=O) groups is 1. The highest BCUT2D eigenvalue weighted by atomic mass is 127. The minimum Gasteiger partial charge on any atom is -0.365 e. The number of carbonyl (C=O) groups excluding carboxylic acids is 1. The molecular formula is C7H7IN6O2. The van der Waals surface area contributed by atoms with Crippen molar-refractivity contribution in [1.82, 2.24) is 24.6 Å². The fourth-order valence-electron chi connectivity index (χ4n) is 1.22. The smallest absolute Gasteiger partial charge is 0.365 e. The molecule has 9 heteroatoms. The van der Waals surface area contributed by atoms with Crippen LogP contribution < -0.4 is 11.4 Å². The van der Waals surface area contributed by atoms with Crippen molar-refractivity contribution in [3.05, 3.63) is 22.2 Å². The third-order valence-electron chi connectivity index (χ3n) is 1.96. The maximum Gasteiger partial charge on any atom is 0.368 e. The van der Waals surface area contributed by atoms with Crippen molar-refractivity contribution in [2.45, 2.75) is 6.54 Å². The Kier molecular flexibility index (Phi) is 2.85. The number of fused-ring (bicyclic) bond motifs is 1. The number of hydrogen-bond acceptors (Lipinski definition) is 5. The van der Waals surface area contributed by atoms with Crippen molar-refractivity contribution in [3.8, 4) is 0 Å². The predicted octanol–water partition coefficient (Wildman–Crippen LogP) is -1.18. The topological polar surface area (TPSA) is 108 Å². The van der Waals surface area contributed by atoms with Crippen molar-refractivity contribution in [2.75, 3.05) is 4.43 Å². The number of alkyl halides is 1. The van der Waals surface area contributed by atoms with Crippen molar-refractivity contribution in [3.63, 3.8) is 0 Å². The van der Waals surface area contributed by atoms with Gasteiger partial charge in [-0.05, 0) is 0 Å². The lowest BCUT2D eigenvalue weighted by Gasteiger charge is -1.99. The number of amides is 1. The molecule has 2 N–H and O–H groups in total. The monoisotopic (exact) mass is 334 g/mol. The van der Waals surface area contributed by atoms with Crippen LogP contribution in [0.4, 0.5) is 0 Å². The molecule has 8 nitrogen and oxygen atoms in total. The van der Waals surface area contributed by atoms with E-state index in [0.717, 1.165) is 8.94 Å². The fourth-order valence-corrected chi connectivity index (χ4v) is 1.67. The predicted molar refractivity (Wildman–Crippen MR) is 62.4 cm³/mol. The van der Waals surface area contributed by atoms with Crippen LogP contribution in [0.25, 0.3) is 5.65 Å². The molecule has 16 heavy (non-hydrogen) atoms. The van der Waals surface area contributed by atoms with Crippen LogP contribution in [0.5, 0.6) is 0 Å². The van der Waals surface area contributed by atoms with Crippen LogP contribution in [0.15, 0.2) is 11.0 Å². The number of nitrogens with zero attached hydrogens (tertiary/aromatic N) is 5. The van der Waals surface area contributed by atoms with Gasteiger partial charge < -0.3 is 5.73 Å². The van der Waals surface area contributed by atoms with E-state index in [1.807, 2.05) is 0 Å². The fraction of sp³-hybridized carbons (Fsp3) is 0.286. The number of rotatable bonds is 3. The zero-order valence-electron chi connectivity index (χ0n) is 8.00. The Labute approximate surface area is 103 Å². The van der Waals surface area contributed by atoms with E-state index in [-0.39, 0.29) is 11.2 Å². The summed E-state index contributed by atoms with van der Waals surface area (Å²) in [7, 11) is 0. The lowest BCUT2D eigenvalue weighted by Crippen LogP contribution is -2.31. The Morgan fingerprint density at radius 2 is 2.31 bits per heavy atom. The van der Waals surface area contributed by atoms with Gasteiger partial charge >= 0.3 is 5.69 Å². The van der Waals surface area contributed by atoms with Gasteiger partial charge in [-0.25, -0.2) is 4.79 Å². The summed E-state index contributed by atoms with van der Waals surface area (Å²) in [6, 6.07) is 0. The van der Waals surface area contributed by atoms with Crippen LogP contribution in [-0.4, -0.2) is 34.9 Å². The van der Waals surface area contributed by atoms with E-state index in [4.69, 9.17) is 5.73 Å². The van der Waals surface area contributed by atoms with Gasteiger partial charge in [0.2, 0.25) is 0 Å². The number of hydrogen-bond donors (Lipinski definition) is 1. The first kappa shape index (κ1) is 11.0. The summed E-state index contributed by atoms with van der Waals surface area (Å²) in [5, 5.41) is 11.2. The highest BCUT2D eigenvalue weighted by molar-refractivity contribution is 14.1. The van der Waals surface area contributed by atoms with E-state index < -0.39 is 11.6 Å². The van der Waals surface area contributed by atoms with Crippen LogP contribution in [0.3, 0.4) is 0 Å². The molecule has 2 aromatic rings. The van der Waals surface area contributed by atoms with E-state index in [1.165, 1.54) is 10.9 Å². The van der Waals surface area contributed by atoms with Crippen LogP contribution in [-0.2, 0) is 6.54 Å². The van der Waals surface area contributed by atoms with E-state index in [0.29, 0.717) is 6.54 Å². The van der Waals surface area contributed by atoms with Crippen molar-refractivity contribution in [2.24, 2.45) is 5.73 Å². The molecular weight excluding hydrogens is 327 g/mol. The molecule has 0 fully saturated rings. The maximum absolute atomic E-state index is 11.8. The molecule has 0 aromatic carbocycles. The average molecular weight is 334 g/mol. The Hall–Kier alpha value is -1.52.